The van der Waals surface area contributed by atoms with Crippen LogP contribution >= 0.6 is 0 Å². The summed E-state index contributed by atoms with van der Waals surface area (Å²) < 4.78 is 0. The highest BCUT2D eigenvalue weighted by Crippen LogP contribution is 2.18. The molecule has 110 valence electrons. The highest BCUT2D eigenvalue weighted by atomic mass is 16.2. The van der Waals surface area contributed by atoms with Crippen LogP contribution in [0.25, 0.3) is 0 Å². The molecule has 1 aliphatic heterocycles. The summed E-state index contributed by atoms with van der Waals surface area (Å²) in [4.78, 5) is 22.4. The molecule has 1 unspecified atom stereocenters. The number of likely N-dealkylation sites (tertiary alicyclic amines) is 1. The fourth-order valence-corrected chi connectivity index (χ4v) is 2.40. The first-order valence-corrected chi connectivity index (χ1v) is 6.97. The van der Waals surface area contributed by atoms with Gasteiger partial charge in [0.25, 0.3) is 0 Å². The number of hydrazine groups is 1. The van der Waals surface area contributed by atoms with Gasteiger partial charge in [-0.15, -0.1) is 0 Å². The minimum absolute atomic E-state index is 0.116. The van der Waals surface area contributed by atoms with Crippen LogP contribution in [0.5, 0.6) is 0 Å². The topological polar surface area (TPSA) is 96.2 Å². The van der Waals surface area contributed by atoms with Gasteiger partial charge in [0.1, 0.15) is 24.0 Å². The smallest absolute Gasteiger partial charge is 0.244 e. The van der Waals surface area contributed by atoms with Crippen molar-refractivity contribution in [3.8, 4) is 0 Å². The third-order valence-electron chi connectivity index (χ3n) is 3.61. The van der Waals surface area contributed by atoms with E-state index in [1.807, 2.05) is 18.7 Å². The van der Waals surface area contributed by atoms with Crippen molar-refractivity contribution in [3.63, 3.8) is 0 Å². The molecule has 1 saturated heterocycles. The van der Waals surface area contributed by atoms with Crippen LogP contribution in [0.4, 0.5) is 11.6 Å². The number of hydrogen-bond donors (Lipinski definition) is 3. The molecule has 0 saturated carbocycles. The van der Waals surface area contributed by atoms with Crippen molar-refractivity contribution in [2.45, 2.75) is 39.2 Å². The van der Waals surface area contributed by atoms with E-state index in [4.69, 9.17) is 5.84 Å². The number of nitrogens with zero attached hydrogens (tertiary/aromatic N) is 3. The first-order chi connectivity index (χ1) is 9.63. The van der Waals surface area contributed by atoms with Gasteiger partial charge in [0, 0.05) is 18.7 Å². The molecule has 0 aliphatic carbocycles. The number of hydrogen-bond acceptors (Lipinski definition) is 6. The zero-order chi connectivity index (χ0) is 14.5. The summed E-state index contributed by atoms with van der Waals surface area (Å²) in [6.45, 7) is 5.41. The van der Waals surface area contributed by atoms with Gasteiger partial charge in [-0.25, -0.2) is 15.8 Å². The van der Waals surface area contributed by atoms with E-state index in [2.05, 4.69) is 20.7 Å². The first-order valence-electron chi connectivity index (χ1n) is 6.97. The molecule has 7 heteroatoms. The van der Waals surface area contributed by atoms with Gasteiger partial charge >= 0.3 is 0 Å². The van der Waals surface area contributed by atoms with Gasteiger partial charge in [-0.2, -0.15) is 0 Å². The average molecular weight is 278 g/mol. The molecule has 2 heterocycles. The molecule has 2 rings (SSSR count). The van der Waals surface area contributed by atoms with Crippen molar-refractivity contribution in [1.82, 2.24) is 14.9 Å². The number of amides is 1. The van der Waals surface area contributed by atoms with Crippen molar-refractivity contribution in [3.05, 3.63) is 11.9 Å². The predicted molar refractivity (Wildman–Crippen MR) is 78.1 cm³/mol. The van der Waals surface area contributed by atoms with E-state index < -0.39 is 0 Å². The Morgan fingerprint density at radius 2 is 1.95 bits per heavy atom. The van der Waals surface area contributed by atoms with E-state index in [0.29, 0.717) is 11.6 Å². The number of aromatic nitrogens is 2. The number of carbonyl (C=O) groups excluding carboxylic acids is 1. The second-order valence-electron chi connectivity index (χ2n) is 5.09. The van der Waals surface area contributed by atoms with Crippen molar-refractivity contribution in [2.75, 3.05) is 23.8 Å². The Kier molecular flexibility index (Phi) is 4.73. The second-order valence-corrected chi connectivity index (χ2v) is 5.09. The van der Waals surface area contributed by atoms with Crippen molar-refractivity contribution >= 4 is 17.5 Å². The van der Waals surface area contributed by atoms with Crippen molar-refractivity contribution < 1.29 is 4.79 Å². The highest BCUT2D eigenvalue weighted by Gasteiger charge is 2.22. The Morgan fingerprint density at radius 1 is 1.30 bits per heavy atom. The Hall–Kier alpha value is -1.89. The minimum Gasteiger partial charge on any atom is -0.358 e. The lowest BCUT2D eigenvalue weighted by atomic mass is 10.1. The molecule has 20 heavy (non-hydrogen) atoms. The maximum Gasteiger partial charge on any atom is 0.244 e. The molecule has 0 spiro atoms. The molecule has 1 amide bonds. The predicted octanol–water partition coefficient (Wildman–Crippen LogP) is 0.884. The van der Waals surface area contributed by atoms with Crippen LogP contribution in [0.2, 0.25) is 0 Å². The lowest BCUT2D eigenvalue weighted by Gasteiger charge is -2.29. The van der Waals surface area contributed by atoms with Gasteiger partial charge in [0.2, 0.25) is 5.91 Å². The molecule has 0 bridgehead atoms. The number of nitrogen functional groups attached to an aromatic ring is 1. The fraction of sp³-hybridized carbons (Fsp3) is 0.615. The van der Waals surface area contributed by atoms with Crippen molar-refractivity contribution in [1.29, 1.82) is 0 Å². The monoisotopic (exact) mass is 278 g/mol. The zero-order valence-corrected chi connectivity index (χ0v) is 12.0. The van der Waals surface area contributed by atoms with Crippen molar-refractivity contribution in [2.24, 2.45) is 5.84 Å². The van der Waals surface area contributed by atoms with Crippen LogP contribution in [0, 0.1) is 6.92 Å². The molecule has 0 radical (unpaired) electrons. The molecule has 1 atom stereocenters. The SMILES string of the molecule is Cc1c(NN)ncnc1NC(C)C(=O)N1CCCCC1. The van der Waals surface area contributed by atoms with Crippen LogP contribution < -0.4 is 16.6 Å². The van der Waals surface area contributed by atoms with Crippen LogP contribution in [-0.4, -0.2) is 39.9 Å². The van der Waals surface area contributed by atoms with Gasteiger partial charge in [-0.05, 0) is 33.1 Å². The average Bonchev–Trinajstić information content (AvgIpc) is 2.49. The summed E-state index contributed by atoms with van der Waals surface area (Å²) in [5.74, 6) is 6.69. The Bertz CT molecular complexity index is 472. The third kappa shape index (κ3) is 3.16. The molecule has 1 aliphatic rings. The molecule has 4 N–H and O–H groups in total. The number of rotatable bonds is 4. The number of nitrogens with two attached hydrogens (primary N) is 1. The molecule has 0 aromatic carbocycles. The highest BCUT2D eigenvalue weighted by molar-refractivity contribution is 5.84. The summed E-state index contributed by atoms with van der Waals surface area (Å²) in [6.07, 6.45) is 4.81. The standard InChI is InChI=1S/C13H22N6O/c1-9-11(15-8-16-12(9)18-14)17-10(2)13(20)19-6-4-3-5-7-19/h8,10H,3-7,14H2,1-2H3,(H2,15,16,17,18). The van der Waals surface area contributed by atoms with Gasteiger partial charge in [0.05, 0.1) is 0 Å². The van der Waals surface area contributed by atoms with Crippen LogP contribution in [0.15, 0.2) is 6.33 Å². The van der Waals surface area contributed by atoms with Crippen LogP contribution in [0.3, 0.4) is 0 Å². The number of anilines is 2. The largest absolute Gasteiger partial charge is 0.358 e. The lowest BCUT2D eigenvalue weighted by molar-refractivity contribution is -0.132. The number of piperidine rings is 1. The summed E-state index contributed by atoms with van der Waals surface area (Å²) in [5.41, 5.74) is 3.31. The molecule has 1 fully saturated rings. The van der Waals surface area contributed by atoms with Crippen LogP contribution in [-0.2, 0) is 4.79 Å². The van der Waals surface area contributed by atoms with Gasteiger partial charge in [-0.1, -0.05) is 0 Å². The third-order valence-corrected chi connectivity index (χ3v) is 3.61. The van der Waals surface area contributed by atoms with E-state index in [0.717, 1.165) is 31.5 Å². The van der Waals surface area contributed by atoms with Gasteiger partial charge < -0.3 is 15.6 Å². The van der Waals surface area contributed by atoms with E-state index in [-0.39, 0.29) is 11.9 Å². The zero-order valence-electron chi connectivity index (χ0n) is 12.0. The molecular weight excluding hydrogens is 256 g/mol. The van der Waals surface area contributed by atoms with E-state index in [1.54, 1.807) is 0 Å². The summed E-state index contributed by atoms with van der Waals surface area (Å²) in [5, 5.41) is 3.14. The van der Waals surface area contributed by atoms with E-state index in [9.17, 15) is 4.79 Å². The van der Waals surface area contributed by atoms with E-state index in [1.165, 1.54) is 12.7 Å². The number of nitrogens with one attached hydrogen (secondary N) is 2. The fourth-order valence-electron chi connectivity index (χ4n) is 2.40. The Morgan fingerprint density at radius 3 is 2.60 bits per heavy atom. The summed E-state index contributed by atoms with van der Waals surface area (Å²) in [7, 11) is 0. The van der Waals surface area contributed by atoms with Gasteiger partial charge in [-0.3, -0.25) is 4.79 Å². The maximum atomic E-state index is 12.3. The Balaban J connectivity index is 2.03. The molecule has 1 aromatic heterocycles. The quantitative estimate of drug-likeness (QED) is 0.559. The summed E-state index contributed by atoms with van der Waals surface area (Å²) in [6, 6.07) is -0.313. The normalized spacial score (nSPS) is 16.6. The molecular formula is C13H22N6O. The first kappa shape index (κ1) is 14.5. The summed E-state index contributed by atoms with van der Waals surface area (Å²) >= 11 is 0. The number of carbonyl (C=O) groups is 1. The maximum absolute atomic E-state index is 12.3. The van der Waals surface area contributed by atoms with Crippen LogP contribution in [0.1, 0.15) is 31.7 Å². The molecule has 1 aromatic rings. The van der Waals surface area contributed by atoms with Gasteiger partial charge in [0.15, 0.2) is 0 Å². The minimum atomic E-state index is -0.313. The Labute approximate surface area is 118 Å². The lowest BCUT2D eigenvalue weighted by Crippen LogP contribution is -2.44. The van der Waals surface area contributed by atoms with E-state index >= 15 is 0 Å². The molecule has 7 nitrogen and oxygen atoms in total. The second kappa shape index (κ2) is 6.51.